The molecule has 0 amide bonds. The fraction of sp³-hybridized carbons (Fsp3) is 0.174. The highest BCUT2D eigenvalue weighted by atomic mass is 32.2. The summed E-state index contributed by atoms with van der Waals surface area (Å²) >= 11 is 0. The van der Waals surface area contributed by atoms with Crippen LogP contribution in [-0.4, -0.2) is 43.4 Å². The van der Waals surface area contributed by atoms with E-state index in [1.165, 1.54) is 20.3 Å². The van der Waals surface area contributed by atoms with Gasteiger partial charge in [0.05, 0.1) is 31.5 Å². The molecule has 0 radical (unpaired) electrons. The van der Waals surface area contributed by atoms with Gasteiger partial charge in [0.1, 0.15) is 17.3 Å². The topological polar surface area (TPSA) is 116 Å². The van der Waals surface area contributed by atoms with Crippen molar-refractivity contribution in [2.75, 3.05) is 20.5 Å². The van der Waals surface area contributed by atoms with Crippen LogP contribution in [0, 0.1) is 11.3 Å². The van der Waals surface area contributed by atoms with E-state index in [1.807, 2.05) is 35.9 Å². The van der Waals surface area contributed by atoms with Crippen LogP contribution in [0.2, 0.25) is 0 Å². The van der Waals surface area contributed by atoms with Gasteiger partial charge in [-0.2, -0.15) is 13.7 Å². The molecule has 0 N–H and O–H groups in total. The molecule has 2 aromatic heterocycles. The fourth-order valence-electron chi connectivity index (χ4n) is 3.56. The largest absolute Gasteiger partial charge is 0.493 e. The number of nitrogens with zero attached hydrogens (tertiary/aromatic N) is 4. The number of ether oxygens (including phenoxy) is 2. The van der Waals surface area contributed by atoms with Crippen LogP contribution in [0.15, 0.2) is 48.5 Å². The van der Waals surface area contributed by atoms with E-state index in [0.29, 0.717) is 22.6 Å². The van der Waals surface area contributed by atoms with Crippen molar-refractivity contribution in [1.29, 1.82) is 5.26 Å². The molecule has 0 unspecified atom stereocenters. The molecule has 0 bridgehead atoms. The summed E-state index contributed by atoms with van der Waals surface area (Å²) in [6.07, 6.45) is 0.949. The van der Waals surface area contributed by atoms with Gasteiger partial charge in [0, 0.05) is 12.6 Å². The number of aromatic nitrogens is 3. The van der Waals surface area contributed by atoms with Crippen molar-refractivity contribution in [3.05, 3.63) is 54.1 Å². The van der Waals surface area contributed by atoms with Crippen LogP contribution in [-0.2, 0) is 17.2 Å². The first-order valence-corrected chi connectivity index (χ1v) is 11.6. The third-order valence-corrected chi connectivity index (χ3v) is 5.51. The number of methoxy groups -OCH3 is 2. The lowest BCUT2D eigenvalue weighted by Crippen LogP contribution is -2.07. The molecule has 168 valence electrons. The van der Waals surface area contributed by atoms with Crippen LogP contribution in [0.25, 0.3) is 33.7 Å². The Morgan fingerprint density at radius 1 is 1.00 bits per heavy atom. The van der Waals surface area contributed by atoms with Crippen LogP contribution < -0.4 is 13.7 Å². The monoisotopic (exact) mass is 464 g/mol. The molecule has 0 saturated heterocycles. The summed E-state index contributed by atoms with van der Waals surface area (Å²) in [6, 6.07) is 16.3. The summed E-state index contributed by atoms with van der Waals surface area (Å²) in [4.78, 5) is 9.21. The first-order chi connectivity index (χ1) is 15.8. The third kappa shape index (κ3) is 4.18. The van der Waals surface area contributed by atoms with E-state index < -0.39 is 10.1 Å². The van der Waals surface area contributed by atoms with E-state index in [0.717, 1.165) is 17.3 Å². The maximum Gasteiger partial charge on any atom is 0.306 e. The Hall–Kier alpha value is -4.10. The van der Waals surface area contributed by atoms with Crippen LogP contribution in [0.4, 0.5) is 0 Å². The molecule has 2 aromatic carbocycles. The van der Waals surface area contributed by atoms with Crippen molar-refractivity contribution in [1.82, 2.24) is 14.5 Å². The van der Waals surface area contributed by atoms with E-state index in [1.54, 1.807) is 18.2 Å². The maximum atomic E-state index is 11.6. The van der Waals surface area contributed by atoms with Crippen molar-refractivity contribution < 1.29 is 22.1 Å². The number of hydrogen-bond acceptors (Lipinski definition) is 8. The highest BCUT2D eigenvalue weighted by molar-refractivity contribution is 7.86. The van der Waals surface area contributed by atoms with Gasteiger partial charge in [-0.25, -0.2) is 9.97 Å². The van der Waals surface area contributed by atoms with Gasteiger partial charge in [0.15, 0.2) is 17.3 Å². The van der Waals surface area contributed by atoms with Gasteiger partial charge in [0.2, 0.25) is 5.88 Å². The maximum absolute atomic E-state index is 11.6. The smallest absolute Gasteiger partial charge is 0.306 e. The number of benzene rings is 2. The Morgan fingerprint density at radius 3 is 2.39 bits per heavy atom. The van der Waals surface area contributed by atoms with Gasteiger partial charge in [-0.1, -0.05) is 18.2 Å². The molecule has 2 heterocycles. The summed E-state index contributed by atoms with van der Waals surface area (Å²) in [5, 5.41) is 9.83. The molecule has 33 heavy (non-hydrogen) atoms. The zero-order chi connectivity index (χ0) is 23.8. The quantitative estimate of drug-likeness (QED) is 0.398. The number of aryl methyl sites for hydroxylation is 1. The molecule has 0 spiro atoms. The van der Waals surface area contributed by atoms with Crippen LogP contribution >= 0.6 is 0 Å². The van der Waals surface area contributed by atoms with Gasteiger partial charge in [-0.15, -0.1) is 0 Å². The minimum Gasteiger partial charge on any atom is -0.493 e. The van der Waals surface area contributed by atoms with Crippen LogP contribution in [0.5, 0.6) is 17.4 Å². The first kappa shape index (κ1) is 22.1. The van der Waals surface area contributed by atoms with Crippen molar-refractivity contribution in [2.45, 2.75) is 0 Å². The number of rotatable bonds is 6. The molecule has 0 atom stereocenters. The molecule has 10 heteroatoms. The molecule has 0 fully saturated rings. The van der Waals surface area contributed by atoms with E-state index in [9.17, 15) is 13.7 Å². The van der Waals surface area contributed by atoms with Gasteiger partial charge in [0.25, 0.3) is 0 Å². The molecule has 0 saturated carbocycles. The number of fused-ring (bicyclic) bond motifs is 1. The van der Waals surface area contributed by atoms with Crippen molar-refractivity contribution in [3.63, 3.8) is 0 Å². The third-order valence-electron chi connectivity index (χ3n) is 5.02. The molecular formula is C23H20N4O5S. The lowest BCUT2D eigenvalue weighted by Gasteiger charge is -2.14. The average molecular weight is 465 g/mol. The van der Waals surface area contributed by atoms with Crippen LogP contribution in [0.1, 0.15) is 5.56 Å². The summed E-state index contributed by atoms with van der Waals surface area (Å²) in [5.74, 6) is 0.984. The Labute approximate surface area is 190 Å². The molecule has 0 aliphatic rings. The molecule has 4 rings (SSSR count). The Morgan fingerprint density at radius 2 is 1.76 bits per heavy atom. The summed E-state index contributed by atoms with van der Waals surface area (Å²) in [7, 11) is 0.982. The van der Waals surface area contributed by atoms with Gasteiger partial charge >= 0.3 is 10.1 Å². The average Bonchev–Trinajstić information content (AvgIpc) is 3.14. The Bertz CT molecular complexity index is 1520. The Balaban J connectivity index is 1.93. The minimum atomic E-state index is -3.74. The number of pyridine rings is 1. The molecule has 0 aliphatic carbocycles. The number of imidazole rings is 1. The number of para-hydroxylation sites is 2. The number of nitriles is 1. The predicted octanol–water partition coefficient (Wildman–Crippen LogP) is 3.53. The summed E-state index contributed by atoms with van der Waals surface area (Å²) in [6.45, 7) is 0. The fourth-order valence-corrected chi connectivity index (χ4v) is 4.03. The zero-order valence-electron chi connectivity index (χ0n) is 18.4. The zero-order valence-corrected chi connectivity index (χ0v) is 19.2. The molecular weight excluding hydrogens is 444 g/mol. The second kappa shape index (κ2) is 8.44. The second-order valence-electron chi connectivity index (χ2n) is 7.19. The number of hydrogen-bond donors (Lipinski definition) is 0. The van der Waals surface area contributed by atoms with Gasteiger partial charge in [-0.3, -0.25) is 0 Å². The minimum absolute atomic E-state index is 0.0406. The Kier molecular flexibility index (Phi) is 5.66. The van der Waals surface area contributed by atoms with Gasteiger partial charge in [-0.05, 0) is 35.9 Å². The lowest BCUT2D eigenvalue weighted by molar-refractivity contribution is 0.391. The molecule has 4 aromatic rings. The molecule has 9 nitrogen and oxygen atoms in total. The van der Waals surface area contributed by atoms with E-state index in [-0.39, 0.29) is 22.9 Å². The van der Waals surface area contributed by atoms with Crippen LogP contribution in [0.3, 0.4) is 0 Å². The van der Waals surface area contributed by atoms with E-state index in [4.69, 9.17) is 13.7 Å². The SMILES string of the molecule is COc1cc(-c2cc(-c3nc4ccccc4n3C)nc(OC)c2C#N)ccc1OS(C)(=O)=O. The normalized spacial score (nSPS) is 11.2. The highest BCUT2D eigenvalue weighted by Gasteiger charge is 2.21. The predicted molar refractivity (Wildman–Crippen MR) is 123 cm³/mol. The standard InChI is InChI=1S/C23H20N4O5S/c1-27-19-8-6-5-7-17(19)25-22(27)18-12-15(16(13-24)23(26-18)31-3)14-9-10-20(21(11-14)30-2)32-33(4,28)29/h5-12H,1-4H3. The van der Waals surface area contributed by atoms with Crippen molar-refractivity contribution in [2.24, 2.45) is 7.05 Å². The summed E-state index contributed by atoms with van der Waals surface area (Å²) < 4.78 is 40.8. The first-order valence-electron chi connectivity index (χ1n) is 9.74. The highest BCUT2D eigenvalue weighted by Crippen LogP contribution is 2.38. The van der Waals surface area contributed by atoms with Crippen molar-refractivity contribution in [3.8, 4) is 46.1 Å². The molecule has 0 aliphatic heterocycles. The van der Waals surface area contributed by atoms with E-state index >= 15 is 0 Å². The lowest BCUT2D eigenvalue weighted by atomic mass is 10.00. The second-order valence-corrected chi connectivity index (χ2v) is 8.76. The van der Waals surface area contributed by atoms with Gasteiger partial charge < -0.3 is 18.2 Å². The van der Waals surface area contributed by atoms with Crippen molar-refractivity contribution >= 4 is 21.2 Å². The summed E-state index contributed by atoms with van der Waals surface area (Å²) in [5.41, 5.74) is 3.59. The van der Waals surface area contributed by atoms with E-state index in [2.05, 4.69) is 16.0 Å².